The van der Waals surface area contributed by atoms with Gasteiger partial charge in [0.25, 0.3) is 0 Å². The third-order valence-corrected chi connectivity index (χ3v) is 10.2. The maximum absolute atomic E-state index is 6.07. The lowest BCUT2D eigenvalue weighted by Crippen LogP contribution is -2.41. The SMILES string of the molecule is C=CCOCCOCCOCCOCCOCCOCCOCCOCCOCCO[Si](C)(C)C(C)(C)C. The maximum Gasteiger partial charge on any atom is 0.192 e. The van der Waals surface area contributed by atoms with Crippen molar-refractivity contribution in [1.29, 1.82) is 0 Å². The molecule has 10 nitrogen and oxygen atoms in total. The highest BCUT2D eigenvalue weighted by Gasteiger charge is 2.36. The molecule has 0 saturated carbocycles. The summed E-state index contributed by atoms with van der Waals surface area (Å²) < 4.78 is 55.0. The fourth-order valence-corrected chi connectivity index (χ4v) is 3.52. The minimum Gasteiger partial charge on any atom is -0.414 e. The second kappa shape index (κ2) is 26.8. The fraction of sp³-hybridized carbons (Fsp3) is 0.926. The van der Waals surface area contributed by atoms with E-state index >= 15 is 0 Å². The molecule has 0 aliphatic heterocycles. The van der Waals surface area contributed by atoms with Gasteiger partial charge >= 0.3 is 0 Å². The van der Waals surface area contributed by atoms with Crippen LogP contribution in [0.5, 0.6) is 0 Å². The van der Waals surface area contributed by atoms with Gasteiger partial charge in [0.15, 0.2) is 8.32 Å². The molecule has 0 aliphatic carbocycles. The van der Waals surface area contributed by atoms with Crippen LogP contribution in [0.25, 0.3) is 0 Å². The van der Waals surface area contributed by atoms with Crippen molar-refractivity contribution in [1.82, 2.24) is 0 Å². The average Bonchev–Trinajstić information content (AvgIpc) is 2.87. The van der Waals surface area contributed by atoms with Gasteiger partial charge in [0.2, 0.25) is 0 Å². The molecular weight excluding hydrogens is 512 g/mol. The molecule has 0 spiro atoms. The van der Waals surface area contributed by atoms with E-state index in [1.54, 1.807) is 6.08 Å². The van der Waals surface area contributed by atoms with Crippen molar-refractivity contribution in [2.75, 3.05) is 126 Å². The third kappa shape index (κ3) is 25.8. The van der Waals surface area contributed by atoms with Gasteiger partial charge < -0.3 is 47.1 Å². The van der Waals surface area contributed by atoms with Crippen LogP contribution in [-0.2, 0) is 47.1 Å². The molecule has 0 heterocycles. The zero-order chi connectivity index (χ0) is 28.2. The van der Waals surface area contributed by atoms with Gasteiger partial charge in [0.1, 0.15) is 0 Å². The summed E-state index contributed by atoms with van der Waals surface area (Å²) in [6, 6.07) is 0. The van der Waals surface area contributed by atoms with E-state index in [0.29, 0.717) is 126 Å². The lowest BCUT2D eigenvalue weighted by molar-refractivity contribution is -0.0251. The second-order valence-corrected chi connectivity index (χ2v) is 14.7. The van der Waals surface area contributed by atoms with Crippen molar-refractivity contribution in [3.63, 3.8) is 0 Å². The summed E-state index contributed by atoms with van der Waals surface area (Å²) in [6.07, 6.45) is 1.71. The molecule has 0 fully saturated rings. The molecule has 0 aromatic rings. The van der Waals surface area contributed by atoms with Crippen LogP contribution in [0.15, 0.2) is 12.7 Å². The van der Waals surface area contributed by atoms with Crippen LogP contribution in [0.4, 0.5) is 0 Å². The first-order valence-electron chi connectivity index (χ1n) is 13.8. The molecule has 0 amide bonds. The quantitative estimate of drug-likeness (QED) is 0.0730. The first-order chi connectivity index (χ1) is 18.3. The van der Waals surface area contributed by atoms with Crippen molar-refractivity contribution < 1.29 is 47.1 Å². The minimum atomic E-state index is -1.69. The Labute approximate surface area is 232 Å². The van der Waals surface area contributed by atoms with Crippen molar-refractivity contribution in [3.8, 4) is 0 Å². The van der Waals surface area contributed by atoms with Crippen molar-refractivity contribution in [2.24, 2.45) is 0 Å². The Morgan fingerprint density at radius 2 is 0.684 bits per heavy atom. The maximum atomic E-state index is 6.07. The zero-order valence-electron chi connectivity index (χ0n) is 24.8. The van der Waals surface area contributed by atoms with Crippen LogP contribution in [0.2, 0.25) is 18.1 Å². The summed E-state index contributed by atoms with van der Waals surface area (Å²) in [5.41, 5.74) is 0. The van der Waals surface area contributed by atoms with Gasteiger partial charge in [-0.15, -0.1) is 6.58 Å². The molecule has 0 rings (SSSR count). The summed E-state index contributed by atoms with van der Waals surface area (Å²) >= 11 is 0. The largest absolute Gasteiger partial charge is 0.414 e. The van der Waals surface area contributed by atoms with E-state index in [4.69, 9.17) is 47.1 Å². The second-order valence-electron chi connectivity index (χ2n) is 9.87. The van der Waals surface area contributed by atoms with Gasteiger partial charge in [-0.3, -0.25) is 0 Å². The Morgan fingerprint density at radius 1 is 0.447 bits per heavy atom. The normalized spacial score (nSPS) is 12.3. The molecule has 38 heavy (non-hydrogen) atoms. The molecule has 0 atom stereocenters. The van der Waals surface area contributed by atoms with Crippen LogP contribution in [-0.4, -0.2) is 134 Å². The van der Waals surface area contributed by atoms with E-state index in [1.165, 1.54) is 0 Å². The minimum absolute atomic E-state index is 0.222. The molecule has 0 bridgehead atoms. The van der Waals surface area contributed by atoms with E-state index in [9.17, 15) is 0 Å². The number of hydrogen-bond acceptors (Lipinski definition) is 10. The van der Waals surface area contributed by atoms with Gasteiger partial charge in [-0.25, -0.2) is 0 Å². The number of ether oxygens (including phenoxy) is 9. The van der Waals surface area contributed by atoms with Crippen molar-refractivity contribution >= 4 is 8.32 Å². The first kappa shape index (κ1) is 37.6. The van der Waals surface area contributed by atoms with Crippen LogP contribution >= 0.6 is 0 Å². The van der Waals surface area contributed by atoms with Gasteiger partial charge in [-0.2, -0.15) is 0 Å². The predicted octanol–water partition coefficient (Wildman–Crippen LogP) is 3.34. The van der Waals surface area contributed by atoms with Crippen LogP contribution in [0.1, 0.15) is 20.8 Å². The number of rotatable bonds is 30. The summed E-state index contributed by atoms with van der Waals surface area (Å²) in [6.45, 7) is 25.2. The van der Waals surface area contributed by atoms with Gasteiger partial charge in [0, 0.05) is 0 Å². The molecule has 228 valence electrons. The van der Waals surface area contributed by atoms with Gasteiger partial charge in [0.05, 0.1) is 126 Å². The van der Waals surface area contributed by atoms with Crippen LogP contribution in [0.3, 0.4) is 0 Å². The van der Waals surface area contributed by atoms with Gasteiger partial charge in [-0.1, -0.05) is 26.8 Å². The fourth-order valence-electron chi connectivity index (χ4n) is 2.50. The Bertz CT molecular complexity index is 503. The molecule has 0 N–H and O–H groups in total. The van der Waals surface area contributed by atoms with E-state index in [1.807, 2.05) is 0 Å². The van der Waals surface area contributed by atoms with Crippen molar-refractivity contribution in [3.05, 3.63) is 12.7 Å². The van der Waals surface area contributed by atoms with E-state index < -0.39 is 8.32 Å². The summed E-state index contributed by atoms with van der Waals surface area (Å²) in [7, 11) is -1.69. The third-order valence-electron chi connectivity index (χ3n) is 5.71. The van der Waals surface area contributed by atoms with Gasteiger partial charge in [-0.05, 0) is 18.1 Å². The highest BCUT2D eigenvalue weighted by Crippen LogP contribution is 2.36. The standard InChI is InChI=1S/C27H56O10Si/c1-7-8-28-9-10-29-11-12-30-13-14-31-15-16-32-17-18-33-19-20-34-21-22-35-23-24-36-25-26-37-38(5,6)27(2,3)4/h7H,1,8-26H2,2-6H3. The van der Waals surface area contributed by atoms with E-state index in [-0.39, 0.29) is 5.04 Å². The first-order valence-corrected chi connectivity index (χ1v) is 16.7. The Hall–Kier alpha value is -0.443. The molecule has 0 unspecified atom stereocenters. The number of hydrogen-bond donors (Lipinski definition) is 0. The average molecular weight is 569 g/mol. The Kier molecular flexibility index (Phi) is 26.5. The monoisotopic (exact) mass is 568 g/mol. The van der Waals surface area contributed by atoms with Crippen LogP contribution < -0.4 is 0 Å². The predicted molar refractivity (Wildman–Crippen MR) is 151 cm³/mol. The van der Waals surface area contributed by atoms with Crippen LogP contribution in [0, 0.1) is 0 Å². The molecule has 0 aliphatic rings. The Balaban J connectivity index is 3.13. The highest BCUT2D eigenvalue weighted by molar-refractivity contribution is 6.74. The molecule has 0 saturated heterocycles. The molecule has 0 aromatic carbocycles. The lowest BCUT2D eigenvalue weighted by Gasteiger charge is -2.36. The molecule has 0 radical (unpaired) electrons. The lowest BCUT2D eigenvalue weighted by atomic mass is 10.2. The van der Waals surface area contributed by atoms with Crippen molar-refractivity contribution in [2.45, 2.75) is 38.9 Å². The summed E-state index contributed by atoms with van der Waals surface area (Å²) in [5, 5.41) is 0.222. The highest BCUT2D eigenvalue weighted by atomic mass is 28.4. The van der Waals surface area contributed by atoms with E-state index in [2.05, 4.69) is 40.4 Å². The molecular formula is C27H56O10Si. The summed E-state index contributed by atoms with van der Waals surface area (Å²) in [5.74, 6) is 0. The van der Waals surface area contributed by atoms with E-state index in [0.717, 1.165) is 0 Å². The summed E-state index contributed by atoms with van der Waals surface area (Å²) in [4.78, 5) is 0. The molecule has 0 aromatic heterocycles. The Morgan fingerprint density at radius 3 is 0.921 bits per heavy atom. The zero-order valence-corrected chi connectivity index (χ0v) is 25.8. The molecule has 11 heteroatoms. The smallest absolute Gasteiger partial charge is 0.192 e. The topological polar surface area (TPSA) is 92.3 Å².